The Labute approximate surface area is 195 Å². The van der Waals surface area contributed by atoms with Crippen LogP contribution in [0, 0.1) is 13.5 Å². The lowest BCUT2D eigenvalue weighted by atomic mass is 9.99. The fraction of sp³-hybridized carbons (Fsp3) is 0.172. The molecule has 0 saturated carbocycles. The molecule has 5 aromatic rings. The molecule has 33 heavy (non-hydrogen) atoms. The molecule has 2 heterocycles. The third-order valence-corrected chi connectivity index (χ3v) is 8.43. The first-order chi connectivity index (χ1) is 15.8. The summed E-state index contributed by atoms with van der Waals surface area (Å²) in [6, 6.07) is 23.2. The zero-order valence-corrected chi connectivity index (χ0v) is 20.7. The van der Waals surface area contributed by atoms with E-state index in [4.69, 9.17) is 11.0 Å². The Bertz CT molecular complexity index is 1580. The van der Waals surface area contributed by atoms with Gasteiger partial charge in [0.2, 0.25) is 5.69 Å². The second-order valence-corrected chi connectivity index (χ2v) is 14.8. The van der Waals surface area contributed by atoms with Gasteiger partial charge in [0.25, 0.3) is 0 Å². The van der Waals surface area contributed by atoms with Gasteiger partial charge in [0.15, 0.2) is 11.9 Å². The molecule has 0 unspecified atom stereocenters. The van der Waals surface area contributed by atoms with Crippen LogP contribution < -0.4 is 9.75 Å². The Hall–Kier alpha value is -3.68. The van der Waals surface area contributed by atoms with E-state index in [0.29, 0.717) is 5.69 Å². The van der Waals surface area contributed by atoms with Crippen molar-refractivity contribution in [1.82, 2.24) is 0 Å². The number of nitrogens with zero attached hydrogens (tertiary/aromatic N) is 2. The van der Waals surface area contributed by atoms with Gasteiger partial charge < -0.3 is 4.42 Å². The minimum Gasteiger partial charge on any atom is -0.454 e. The van der Waals surface area contributed by atoms with E-state index in [1.165, 1.54) is 10.8 Å². The van der Waals surface area contributed by atoms with Crippen LogP contribution in [-0.4, -0.2) is 8.07 Å². The van der Waals surface area contributed by atoms with Crippen LogP contribution in [0.15, 0.2) is 77.3 Å². The molecule has 0 atom stereocenters. The maximum absolute atomic E-state index is 7.64. The molecule has 0 fully saturated rings. The minimum absolute atomic E-state index is 0.686. The van der Waals surface area contributed by atoms with Crippen LogP contribution >= 0.6 is 0 Å². The van der Waals surface area contributed by atoms with Crippen molar-refractivity contribution in [2.24, 2.45) is 7.05 Å². The Morgan fingerprint density at radius 3 is 2.39 bits per heavy atom. The van der Waals surface area contributed by atoms with Gasteiger partial charge in [-0.15, -0.1) is 0 Å². The number of hydrogen-bond donors (Lipinski definition) is 0. The van der Waals surface area contributed by atoms with Crippen LogP contribution in [0.1, 0.15) is 5.56 Å². The van der Waals surface area contributed by atoms with E-state index in [1.807, 2.05) is 12.1 Å². The van der Waals surface area contributed by atoms with E-state index in [-0.39, 0.29) is 0 Å². The molecular formula is C29H27N2OSi+. The largest absolute Gasteiger partial charge is 0.454 e. The third kappa shape index (κ3) is 3.55. The highest BCUT2D eigenvalue weighted by atomic mass is 28.3. The van der Waals surface area contributed by atoms with Gasteiger partial charge in [0.1, 0.15) is 18.2 Å². The van der Waals surface area contributed by atoms with Crippen molar-refractivity contribution in [3.05, 3.63) is 89.9 Å². The Morgan fingerprint density at radius 1 is 0.879 bits per heavy atom. The smallest absolute Gasteiger partial charge is 0.216 e. The van der Waals surface area contributed by atoms with E-state index in [0.717, 1.165) is 44.3 Å². The van der Waals surface area contributed by atoms with Crippen LogP contribution in [-0.2, 0) is 7.05 Å². The van der Waals surface area contributed by atoms with Gasteiger partial charge in [-0.25, -0.2) is 9.41 Å². The highest BCUT2D eigenvalue weighted by molar-refractivity contribution is 6.88. The molecule has 3 aromatic carbocycles. The van der Waals surface area contributed by atoms with E-state index in [1.54, 1.807) is 0 Å². The van der Waals surface area contributed by atoms with Crippen molar-refractivity contribution in [3.63, 3.8) is 0 Å². The summed E-state index contributed by atoms with van der Waals surface area (Å²) in [5.74, 6) is 0. The molecule has 4 heteroatoms. The number of pyridine rings is 1. The Kier molecular flexibility index (Phi) is 4.95. The number of fused-ring (bicyclic) bond motifs is 3. The average molecular weight is 448 g/mol. The molecule has 0 bridgehead atoms. The van der Waals surface area contributed by atoms with E-state index >= 15 is 0 Å². The first-order valence-corrected chi connectivity index (χ1v) is 14.7. The van der Waals surface area contributed by atoms with Gasteiger partial charge in [0, 0.05) is 28.5 Å². The van der Waals surface area contributed by atoms with Crippen molar-refractivity contribution in [2.75, 3.05) is 0 Å². The second-order valence-electron chi connectivity index (χ2n) is 9.75. The van der Waals surface area contributed by atoms with Crippen molar-refractivity contribution in [2.45, 2.75) is 26.6 Å². The normalized spacial score (nSPS) is 11.8. The van der Waals surface area contributed by atoms with Gasteiger partial charge in [-0.3, -0.25) is 0 Å². The minimum atomic E-state index is -1.59. The molecule has 0 spiro atoms. The van der Waals surface area contributed by atoms with Crippen LogP contribution in [0.3, 0.4) is 0 Å². The van der Waals surface area contributed by atoms with Crippen molar-refractivity contribution in [1.29, 1.82) is 0 Å². The molecule has 3 nitrogen and oxygen atoms in total. The topological polar surface area (TPSA) is 21.4 Å². The van der Waals surface area contributed by atoms with Crippen LogP contribution in [0.2, 0.25) is 19.6 Å². The molecule has 0 N–H and O–H groups in total. The fourth-order valence-corrected chi connectivity index (χ4v) is 5.72. The van der Waals surface area contributed by atoms with Crippen LogP contribution in [0.25, 0.3) is 49.2 Å². The maximum atomic E-state index is 7.64. The lowest BCUT2D eigenvalue weighted by molar-refractivity contribution is -0.660. The summed E-state index contributed by atoms with van der Waals surface area (Å²) in [7, 11) is 0.477. The first kappa shape index (κ1) is 21.2. The van der Waals surface area contributed by atoms with Crippen molar-refractivity contribution in [3.8, 4) is 22.4 Å². The summed E-state index contributed by atoms with van der Waals surface area (Å²) < 4.78 is 8.81. The van der Waals surface area contributed by atoms with Gasteiger partial charge in [-0.05, 0) is 30.2 Å². The van der Waals surface area contributed by atoms with Crippen LogP contribution in [0.4, 0.5) is 5.69 Å². The Balaban J connectivity index is 1.84. The predicted octanol–water partition coefficient (Wildman–Crippen LogP) is 7.15. The molecular weight excluding hydrogens is 420 g/mol. The molecule has 2 aromatic heterocycles. The number of furan rings is 1. The fourth-order valence-electron chi connectivity index (χ4n) is 4.55. The summed E-state index contributed by atoms with van der Waals surface area (Å²) in [5, 5.41) is 3.50. The highest BCUT2D eigenvalue weighted by Crippen LogP contribution is 2.40. The Morgan fingerprint density at radius 2 is 1.67 bits per heavy atom. The monoisotopic (exact) mass is 447 g/mol. The summed E-state index contributed by atoms with van der Waals surface area (Å²) in [5.41, 5.74) is 7.98. The maximum Gasteiger partial charge on any atom is 0.216 e. The third-order valence-electron chi connectivity index (χ3n) is 6.41. The molecule has 5 rings (SSSR count). The molecule has 0 radical (unpaired) electrons. The highest BCUT2D eigenvalue weighted by Gasteiger charge is 2.22. The summed E-state index contributed by atoms with van der Waals surface area (Å²) in [4.78, 5) is 3.77. The second kappa shape index (κ2) is 7.72. The lowest BCUT2D eigenvalue weighted by Gasteiger charge is -2.18. The summed E-state index contributed by atoms with van der Waals surface area (Å²) in [6.07, 6.45) is 2.06. The van der Waals surface area contributed by atoms with Gasteiger partial charge >= 0.3 is 0 Å². The first-order valence-electron chi connectivity index (χ1n) is 11.2. The van der Waals surface area contributed by atoms with E-state index in [9.17, 15) is 0 Å². The van der Waals surface area contributed by atoms with Gasteiger partial charge in [-0.1, -0.05) is 67.3 Å². The molecule has 0 aliphatic heterocycles. The summed E-state index contributed by atoms with van der Waals surface area (Å²) >= 11 is 0. The predicted molar refractivity (Wildman–Crippen MR) is 140 cm³/mol. The number of hydrogen-bond acceptors (Lipinski definition) is 1. The van der Waals surface area contributed by atoms with Crippen molar-refractivity contribution >= 4 is 40.9 Å². The number of rotatable bonds is 3. The molecule has 0 saturated heterocycles. The summed E-state index contributed by atoms with van der Waals surface area (Å²) in [6.45, 7) is 16.7. The molecule has 0 amide bonds. The molecule has 0 aliphatic carbocycles. The zero-order chi connectivity index (χ0) is 23.3. The van der Waals surface area contributed by atoms with E-state index in [2.05, 4.69) is 104 Å². The van der Waals surface area contributed by atoms with Gasteiger partial charge in [0.05, 0.1) is 20.2 Å². The molecule has 0 aliphatic rings. The average Bonchev–Trinajstić information content (AvgIpc) is 3.17. The lowest BCUT2D eigenvalue weighted by Crippen LogP contribution is -2.37. The van der Waals surface area contributed by atoms with Gasteiger partial charge in [-0.2, -0.15) is 0 Å². The quantitative estimate of drug-likeness (QED) is 0.163. The SMILES string of the molecule is [C-]#[N+]c1cc(-c2cccc3c2oc2c(-c4cccc[n+]4C)c(C)ccc23)cc([Si](C)(C)C)c1. The van der Waals surface area contributed by atoms with E-state index < -0.39 is 8.07 Å². The standard InChI is InChI=1S/C29H27N2OSi/c1-19-13-14-25-24-11-9-10-23(20-16-21(30-2)18-22(17-20)33(4,5)6)28(24)32-29(25)27(19)26-12-7-8-15-31(26)3/h7-18H,1,3-6H3/q+1. The zero-order valence-electron chi connectivity index (χ0n) is 19.7. The number of aromatic nitrogens is 1. The number of para-hydroxylation sites is 1. The van der Waals surface area contributed by atoms with Crippen LogP contribution in [0.5, 0.6) is 0 Å². The van der Waals surface area contributed by atoms with Crippen molar-refractivity contribution < 1.29 is 8.98 Å². The number of aryl methyl sites for hydroxylation is 2. The molecule has 162 valence electrons. The number of benzene rings is 3.